The van der Waals surface area contributed by atoms with E-state index >= 15 is 0 Å². The number of nitrogens with two attached hydrogens (primary N) is 1. The quantitative estimate of drug-likeness (QED) is 0.660. The van der Waals surface area contributed by atoms with Crippen LogP contribution in [0.3, 0.4) is 0 Å². The summed E-state index contributed by atoms with van der Waals surface area (Å²) in [5.74, 6) is 0.623. The molecule has 2 N–H and O–H groups in total. The highest BCUT2D eigenvalue weighted by atomic mass is 16.5. The number of Topliss-reactive ketones (excluding diaryl/α,β-unsaturated/α-hetero) is 1. The fourth-order valence-electron chi connectivity index (χ4n) is 3.84. The van der Waals surface area contributed by atoms with E-state index in [-0.39, 0.29) is 17.6 Å². The number of aromatic nitrogens is 2. The van der Waals surface area contributed by atoms with Crippen LogP contribution in [-0.2, 0) is 0 Å². The van der Waals surface area contributed by atoms with E-state index in [0.717, 1.165) is 24.3 Å². The second kappa shape index (κ2) is 8.41. The fraction of sp³-hybridized carbons (Fsp3) is 0.261. The van der Waals surface area contributed by atoms with Crippen LogP contribution in [0.15, 0.2) is 60.8 Å². The number of carbonyl (C=O) groups is 2. The number of hydrogen-bond acceptors (Lipinski definition) is 5. The SMILES string of the molecule is COc1ccc(-n2ncc(C(=O)C3CCCN(C(=O)c4ccccc4)C3)c2N)cc1. The Morgan fingerprint density at radius 1 is 1.10 bits per heavy atom. The Balaban J connectivity index is 1.51. The molecule has 0 aliphatic carbocycles. The summed E-state index contributed by atoms with van der Waals surface area (Å²) in [5.41, 5.74) is 8.04. The van der Waals surface area contributed by atoms with Crippen LogP contribution >= 0.6 is 0 Å². The summed E-state index contributed by atoms with van der Waals surface area (Å²) < 4.78 is 6.72. The van der Waals surface area contributed by atoms with Gasteiger partial charge in [-0.1, -0.05) is 18.2 Å². The van der Waals surface area contributed by atoms with Crippen molar-refractivity contribution in [3.63, 3.8) is 0 Å². The summed E-state index contributed by atoms with van der Waals surface area (Å²) in [6.45, 7) is 1.04. The summed E-state index contributed by atoms with van der Waals surface area (Å²) in [4.78, 5) is 27.7. The zero-order valence-electron chi connectivity index (χ0n) is 16.8. The van der Waals surface area contributed by atoms with E-state index in [2.05, 4.69) is 5.10 Å². The molecule has 30 heavy (non-hydrogen) atoms. The Morgan fingerprint density at radius 3 is 2.53 bits per heavy atom. The maximum atomic E-state index is 13.2. The molecule has 4 rings (SSSR count). The zero-order chi connectivity index (χ0) is 21.1. The van der Waals surface area contributed by atoms with E-state index in [4.69, 9.17) is 10.5 Å². The summed E-state index contributed by atoms with van der Waals surface area (Å²) in [6.07, 6.45) is 3.02. The molecule has 0 saturated carbocycles. The molecular weight excluding hydrogens is 380 g/mol. The highest BCUT2D eigenvalue weighted by Crippen LogP contribution is 2.26. The maximum Gasteiger partial charge on any atom is 0.253 e. The number of likely N-dealkylation sites (tertiary alicyclic amines) is 1. The van der Waals surface area contributed by atoms with Crippen molar-refractivity contribution in [2.45, 2.75) is 12.8 Å². The van der Waals surface area contributed by atoms with Crippen LogP contribution in [0.5, 0.6) is 5.75 Å². The van der Waals surface area contributed by atoms with Crippen LogP contribution in [-0.4, -0.2) is 46.6 Å². The summed E-state index contributed by atoms with van der Waals surface area (Å²) in [7, 11) is 1.60. The molecule has 2 aromatic carbocycles. The van der Waals surface area contributed by atoms with Gasteiger partial charge in [-0.05, 0) is 49.2 Å². The van der Waals surface area contributed by atoms with Gasteiger partial charge in [0.05, 0.1) is 24.6 Å². The summed E-state index contributed by atoms with van der Waals surface area (Å²) >= 11 is 0. The molecular formula is C23H24N4O3. The highest BCUT2D eigenvalue weighted by Gasteiger charge is 2.31. The second-order valence-corrected chi connectivity index (χ2v) is 7.37. The largest absolute Gasteiger partial charge is 0.497 e. The minimum absolute atomic E-state index is 0.0463. The molecule has 1 saturated heterocycles. The number of methoxy groups -OCH3 is 1. The van der Waals surface area contributed by atoms with E-state index in [1.54, 1.807) is 28.8 Å². The van der Waals surface area contributed by atoms with Crippen molar-refractivity contribution in [1.29, 1.82) is 0 Å². The Bertz CT molecular complexity index is 1040. The number of anilines is 1. The van der Waals surface area contributed by atoms with Gasteiger partial charge < -0.3 is 15.4 Å². The van der Waals surface area contributed by atoms with Crippen LogP contribution in [0, 0.1) is 5.92 Å². The van der Waals surface area contributed by atoms with Crippen molar-refractivity contribution in [3.05, 3.63) is 71.9 Å². The van der Waals surface area contributed by atoms with E-state index in [0.29, 0.717) is 30.0 Å². The predicted octanol–water partition coefficient (Wildman–Crippen LogP) is 3.20. The van der Waals surface area contributed by atoms with E-state index in [1.165, 1.54) is 6.20 Å². The zero-order valence-corrected chi connectivity index (χ0v) is 16.8. The van der Waals surface area contributed by atoms with Gasteiger partial charge in [0.15, 0.2) is 5.78 Å². The number of ether oxygens (including phenoxy) is 1. The molecule has 154 valence electrons. The lowest BCUT2D eigenvalue weighted by Gasteiger charge is -2.32. The number of rotatable bonds is 5. The first-order valence-electron chi connectivity index (χ1n) is 9.95. The van der Waals surface area contributed by atoms with Crippen LogP contribution in [0.25, 0.3) is 5.69 Å². The van der Waals surface area contributed by atoms with Gasteiger partial charge in [0.25, 0.3) is 5.91 Å². The van der Waals surface area contributed by atoms with Crippen molar-refractivity contribution in [1.82, 2.24) is 14.7 Å². The normalized spacial score (nSPS) is 16.3. The van der Waals surface area contributed by atoms with Crippen molar-refractivity contribution in [2.24, 2.45) is 5.92 Å². The van der Waals surface area contributed by atoms with Crippen LogP contribution < -0.4 is 10.5 Å². The van der Waals surface area contributed by atoms with Crippen molar-refractivity contribution in [3.8, 4) is 11.4 Å². The van der Waals surface area contributed by atoms with Gasteiger partial charge in [-0.15, -0.1) is 0 Å². The molecule has 1 amide bonds. The van der Waals surface area contributed by atoms with Gasteiger partial charge in [0, 0.05) is 24.6 Å². The third kappa shape index (κ3) is 3.78. The number of carbonyl (C=O) groups excluding carboxylic acids is 2. The first-order chi connectivity index (χ1) is 14.6. The molecule has 1 aromatic heterocycles. The van der Waals surface area contributed by atoms with Crippen LogP contribution in [0.1, 0.15) is 33.6 Å². The van der Waals surface area contributed by atoms with Crippen molar-refractivity contribution in [2.75, 3.05) is 25.9 Å². The average molecular weight is 404 g/mol. The topological polar surface area (TPSA) is 90.5 Å². The van der Waals surface area contributed by atoms with Gasteiger partial charge in [0.1, 0.15) is 11.6 Å². The molecule has 7 nitrogen and oxygen atoms in total. The van der Waals surface area contributed by atoms with Gasteiger partial charge in [-0.3, -0.25) is 9.59 Å². The van der Waals surface area contributed by atoms with E-state index in [1.807, 2.05) is 42.5 Å². The van der Waals surface area contributed by atoms with E-state index in [9.17, 15) is 9.59 Å². The molecule has 3 aromatic rings. The summed E-state index contributed by atoms with van der Waals surface area (Å²) in [6, 6.07) is 16.4. The maximum absolute atomic E-state index is 13.2. The Kier molecular flexibility index (Phi) is 5.52. The van der Waals surface area contributed by atoms with Crippen molar-refractivity contribution >= 4 is 17.5 Å². The van der Waals surface area contributed by atoms with Gasteiger partial charge >= 0.3 is 0 Å². The Morgan fingerprint density at radius 2 is 1.83 bits per heavy atom. The third-order valence-corrected chi connectivity index (χ3v) is 5.49. The minimum atomic E-state index is -0.290. The number of benzene rings is 2. The first kappa shape index (κ1) is 19.7. The monoisotopic (exact) mass is 404 g/mol. The molecule has 1 aliphatic rings. The number of amides is 1. The number of piperidine rings is 1. The van der Waals surface area contributed by atoms with Crippen LogP contribution in [0.2, 0.25) is 0 Å². The molecule has 0 bridgehead atoms. The lowest BCUT2D eigenvalue weighted by Crippen LogP contribution is -2.42. The summed E-state index contributed by atoms with van der Waals surface area (Å²) in [5, 5.41) is 4.31. The number of nitrogens with zero attached hydrogens (tertiary/aromatic N) is 3. The molecule has 1 atom stereocenters. The molecule has 1 fully saturated rings. The lowest BCUT2D eigenvalue weighted by molar-refractivity contribution is 0.0637. The molecule has 1 unspecified atom stereocenters. The minimum Gasteiger partial charge on any atom is -0.497 e. The van der Waals surface area contributed by atoms with Gasteiger partial charge in [0.2, 0.25) is 0 Å². The molecule has 7 heteroatoms. The van der Waals surface area contributed by atoms with Gasteiger partial charge in [-0.2, -0.15) is 5.10 Å². The van der Waals surface area contributed by atoms with Gasteiger partial charge in [-0.25, -0.2) is 4.68 Å². The number of ketones is 1. The predicted molar refractivity (Wildman–Crippen MR) is 114 cm³/mol. The third-order valence-electron chi connectivity index (χ3n) is 5.49. The lowest BCUT2D eigenvalue weighted by atomic mass is 9.90. The molecule has 0 spiro atoms. The molecule has 2 heterocycles. The second-order valence-electron chi connectivity index (χ2n) is 7.37. The smallest absolute Gasteiger partial charge is 0.253 e. The molecule has 1 aliphatic heterocycles. The first-order valence-corrected chi connectivity index (χ1v) is 9.95. The standard InChI is InChI=1S/C23H24N4O3/c1-30-19-11-9-18(10-12-19)27-22(24)20(14-25-27)21(28)17-8-5-13-26(15-17)23(29)16-6-3-2-4-7-16/h2-4,6-7,9-12,14,17H,5,8,13,15,24H2,1H3. The average Bonchev–Trinajstić information content (AvgIpc) is 3.20. The number of hydrogen-bond donors (Lipinski definition) is 1. The highest BCUT2D eigenvalue weighted by molar-refractivity contribution is 6.02. The Labute approximate surface area is 175 Å². The van der Waals surface area contributed by atoms with Crippen LogP contribution in [0.4, 0.5) is 5.82 Å². The van der Waals surface area contributed by atoms with E-state index < -0.39 is 0 Å². The fourth-order valence-corrected chi connectivity index (χ4v) is 3.84. The molecule has 0 radical (unpaired) electrons. The number of nitrogen functional groups attached to an aromatic ring is 1. The van der Waals surface area contributed by atoms with Crippen molar-refractivity contribution < 1.29 is 14.3 Å². The Hall–Kier alpha value is -3.61.